The van der Waals surface area contributed by atoms with Gasteiger partial charge in [0.2, 0.25) is 0 Å². The number of rotatable bonds is 6. The third-order valence-electron chi connectivity index (χ3n) is 7.69. The molecule has 0 saturated heterocycles. The van der Waals surface area contributed by atoms with Crippen LogP contribution in [0.5, 0.6) is 0 Å². The van der Waals surface area contributed by atoms with Gasteiger partial charge in [-0.05, 0) is 86.4 Å². The Balaban J connectivity index is 1.44. The van der Waals surface area contributed by atoms with E-state index in [1.165, 1.54) is 16.9 Å². The van der Waals surface area contributed by atoms with Crippen molar-refractivity contribution in [2.45, 2.75) is 33.7 Å². The largest absolute Gasteiger partial charge is 0.463 e. The van der Waals surface area contributed by atoms with Crippen molar-refractivity contribution < 1.29 is 9.53 Å². The van der Waals surface area contributed by atoms with Crippen molar-refractivity contribution in [3.8, 4) is 16.8 Å². The highest BCUT2D eigenvalue weighted by Gasteiger charge is 2.33. The summed E-state index contributed by atoms with van der Waals surface area (Å²) < 4.78 is 9.71. The van der Waals surface area contributed by atoms with Gasteiger partial charge in [0.1, 0.15) is 0 Å². The molecule has 6 rings (SSSR count). The predicted octanol–water partition coefficient (Wildman–Crippen LogP) is 6.53. The van der Waals surface area contributed by atoms with Crippen LogP contribution in [0, 0.1) is 13.8 Å². The second-order valence-electron chi connectivity index (χ2n) is 10.4. The summed E-state index contributed by atoms with van der Waals surface area (Å²) in [6, 6.07) is 27.4. The molecule has 0 aliphatic carbocycles. The minimum atomic E-state index is -0.676. The molecule has 8 heteroatoms. The molecule has 0 spiro atoms. The first-order valence-electron chi connectivity index (χ1n) is 14.1. The summed E-state index contributed by atoms with van der Waals surface area (Å²) >= 11 is 7.48. The van der Waals surface area contributed by atoms with Gasteiger partial charge in [-0.25, -0.2) is 9.79 Å². The maximum Gasteiger partial charge on any atom is 0.338 e. The number of ether oxygens (including phenoxy) is 1. The topological polar surface area (TPSA) is 65.6 Å². The number of thiazole rings is 1. The van der Waals surface area contributed by atoms with Gasteiger partial charge in [-0.1, -0.05) is 77.5 Å². The Morgan fingerprint density at radius 2 is 1.65 bits per heavy atom. The van der Waals surface area contributed by atoms with E-state index >= 15 is 0 Å². The highest BCUT2D eigenvalue weighted by Crippen LogP contribution is 2.31. The Kier molecular flexibility index (Phi) is 7.77. The second kappa shape index (κ2) is 11.7. The van der Waals surface area contributed by atoms with E-state index in [0.29, 0.717) is 25.6 Å². The molecule has 5 aromatic rings. The van der Waals surface area contributed by atoms with Gasteiger partial charge in [-0.3, -0.25) is 9.36 Å². The summed E-state index contributed by atoms with van der Waals surface area (Å²) in [5.74, 6) is -0.486. The molecular formula is C35H30ClN3O3S. The van der Waals surface area contributed by atoms with Crippen LogP contribution in [-0.2, 0) is 9.53 Å². The van der Waals surface area contributed by atoms with E-state index in [1.807, 2.05) is 36.4 Å². The number of hydrogen-bond acceptors (Lipinski definition) is 5. The molecule has 43 heavy (non-hydrogen) atoms. The zero-order valence-corrected chi connectivity index (χ0v) is 25.9. The average molecular weight is 608 g/mol. The number of carbonyl (C=O) groups is 1. The van der Waals surface area contributed by atoms with Crippen LogP contribution in [0.4, 0.5) is 0 Å². The molecule has 0 fully saturated rings. The lowest BCUT2D eigenvalue weighted by atomic mass is 9.96. The first kappa shape index (κ1) is 28.6. The van der Waals surface area contributed by atoms with Crippen LogP contribution >= 0.6 is 22.9 Å². The van der Waals surface area contributed by atoms with Crippen LogP contribution in [0.2, 0.25) is 5.02 Å². The fraction of sp³-hybridized carbons (Fsp3) is 0.171. The normalized spacial score (nSPS) is 14.9. The Morgan fingerprint density at radius 3 is 2.33 bits per heavy atom. The number of hydrogen-bond donors (Lipinski definition) is 0. The van der Waals surface area contributed by atoms with Crippen molar-refractivity contribution in [1.29, 1.82) is 0 Å². The molecule has 6 nitrogen and oxygen atoms in total. The third-order valence-corrected chi connectivity index (χ3v) is 8.93. The van der Waals surface area contributed by atoms with Gasteiger partial charge in [-0.15, -0.1) is 0 Å². The highest BCUT2D eigenvalue weighted by atomic mass is 35.5. The van der Waals surface area contributed by atoms with Crippen LogP contribution in [0.1, 0.15) is 42.4 Å². The molecule has 0 N–H and O–H groups in total. The number of fused-ring (bicyclic) bond motifs is 1. The lowest BCUT2D eigenvalue weighted by Gasteiger charge is -2.24. The predicted molar refractivity (Wildman–Crippen MR) is 173 cm³/mol. The number of allylic oxidation sites excluding steroid dienone is 1. The fourth-order valence-corrected chi connectivity index (χ4v) is 6.82. The zero-order chi connectivity index (χ0) is 30.2. The van der Waals surface area contributed by atoms with Gasteiger partial charge >= 0.3 is 5.97 Å². The molecule has 0 unspecified atom stereocenters. The van der Waals surface area contributed by atoms with E-state index in [0.717, 1.165) is 33.8 Å². The monoisotopic (exact) mass is 607 g/mol. The molecule has 3 aromatic carbocycles. The van der Waals surface area contributed by atoms with Gasteiger partial charge in [0, 0.05) is 22.1 Å². The molecule has 0 bridgehead atoms. The molecule has 1 aliphatic rings. The van der Waals surface area contributed by atoms with E-state index in [-0.39, 0.29) is 12.2 Å². The molecule has 216 valence electrons. The highest BCUT2D eigenvalue weighted by molar-refractivity contribution is 7.07. The van der Waals surface area contributed by atoms with E-state index in [9.17, 15) is 9.59 Å². The summed E-state index contributed by atoms with van der Waals surface area (Å²) in [5.41, 5.74) is 7.82. The van der Waals surface area contributed by atoms with Crippen molar-refractivity contribution in [3.63, 3.8) is 0 Å². The zero-order valence-electron chi connectivity index (χ0n) is 24.3. The van der Waals surface area contributed by atoms with Crippen LogP contribution in [0.25, 0.3) is 22.9 Å². The van der Waals surface area contributed by atoms with Gasteiger partial charge in [0.25, 0.3) is 5.56 Å². The fourth-order valence-electron chi connectivity index (χ4n) is 5.66. The number of esters is 1. The molecule has 1 aliphatic heterocycles. The Labute approximate surface area is 258 Å². The van der Waals surface area contributed by atoms with Crippen molar-refractivity contribution in [3.05, 3.63) is 143 Å². The van der Waals surface area contributed by atoms with E-state index in [2.05, 4.69) is 65.9 Å². The summed E-state index contributed by atoms with van der Waals surface area (Å²) in [6.07, 6.45) is 1.92. The van der Waals surface area contributed by atoms with Crippen molar-refractivity contribution in [2.75, 3.05) is 6.61 Å². The van der Waals surface area contributed by atoms with E-state index in [4.69, 9.17) is 16.3 Å². The molecule has 0 radical (unpaired) electrons. The number of aromatic nitrogens is 2. The molecule has 2 aromatic heterocycles. The lowest BCUT2D eigenvalue weighted by Crippen LogP contribution is -2.39. The number of nitrogens with zero attached hydrogens (tertiary/aromatic N) is 3. The average Bonchev–Trinajstić information content (AvgIpc) is 3.46. The van der Waals surface area contributed by atoms with Crippen molar-refractivity contribution >= 4 is 35.0 Å². The number of carbonyl (C=O) groups excluding carboxylic acids is 1. The second-order valence-corrected chi connectivity index (χ2v) is 11.9. The molecule has 0 saturated carbocycles. The summed E-state index contributed by atoms with van der Waals surface area (Å²) in [6.45, 7) is 7.88. The summed E-state index contributed by atoms with van der Waals surface area (Å²) in [5, 5.41) is 0.569. The summed E-state index contributed by atoms with van der Waals surface area (Å²) in [7, 11) is 0. The van der Waals surface area contributed by atoms with Crippen LogP contribution in [0.3, 0.4) is 0 Å². The Bertz CT molecular complexity index is 2050. The first-order valence-corrected chi connectivity index (χ1v) is 15.3. The quantitative estimate of drug-likeness (QED) is 0.206. The third kappa shape index (κ3) is 5.31. The van der Waals surface area contributed by atoms with Crippen LogP contribution in [0.15, 0.2) is 106 Å². The molecule has 0 amide bonds. The first-order chi connectivity index (χ1) is 20.8. The van der Waals surface area contributed by atoms with Crippen LogP contribution < -0.4 is 14.9 Å². The molecule has 3 heterocycles. The Hall–Kier alpha value is -4.46. The van der Waals surface area contributed by atoms with Gasteiger partial charge in [-0.2, -0.15) is 0 Å². The Morgan fingerprint density at radius 1 is 0.977 bits per heavy atom. The van der Waals surface area contributed by atoms with Gasteiger partial charge < -0.3 is 9.30 Å². The van der Waals surface area contributed by atoms with Gasteiger partial charge in [0.05, 0.1) is 28.5 Å². The minimum Gasteiger partial charge on any atom is -0.463 e. The standard InChI is InChI=1S/C35H30ClN3O3S/c1-5-42-34(41)31-22(3)37-35-39(32(31)26-11-15-28(36)16-12-26)33(40)30(43-35)20-27-19-21(2)38(23(27)4)29-17-13-25(14-18-29)24-9-7-6-8-10-24/h6-20,32H,5H2,1-4H3/b30-20-/t32-/m0/s1. The smallest absolute Gasteiger partial charge is 0.338 e. The lowest BCUT2D eigenvalue weighted by molar-refractivity contribution is -0.139. The summed E-state index contributed by atoms with van der Waals surface area (Å²) in [4.78, 5) is 32.3. The maximum atomic E-state index is 14.0. The molecular weight excluding hydrogens is 578 g/mol. The number of aryl methyl sites for hydroxylation is 1. The van der Waals surface area contributed by atoms with Gasteiger partial charge in [0.15, 0.2) is 4.80 Å². The number of benzene rings is 3. The maximum absolute atomic E-state index is 14.0. The number of halogens is 1. The van der Waals surface area contributed by atoms with E-state index in [1.54, 1.807) is 30.5 Å². The van der Waals surface area contributed by atoms with E-state index < -0.39 is 12.0 Å². The SMILES string of the molecule is CCOC(=O)C1=C(C)N=c2s/c(=C\c3cc(C)n(-c4ccc(-c5ccccc5)cc4)c3C)c(=O)n2[C@H]1c1ccc(Cl)cc1. The van der Waals surface area contributed by atoms with Crippen molar-refractivity contribution in [2.24, 2.45) is 4.99 Å². The molecule has 1 atom stereocenters. The minimum absolute atomic E-state index is 0.213. The van der Waals surface area contributed by atoms with Crippen molar-refractivity contribution in [1.82, 2.24) is 9.13 Å². The van der Waals surface area contributed by atoms with Crippen LogP contribution in [-0.4, -0.2) is 21.7 Å².